The van der Waals surface area contributed by atoms with Crippen LogP contribution >= 0.6 is 0 Å². The summed E-state index contributed by atoms with van der Waals surface area (Å²) in [5.74, 6) is 1.25. The van der Waals surface area contributed by atoms with Gasteiger partial charge in [-0.25, -0.2) is 0 Å². The third-order valence-corrected chi connectivity index (χ3v) is 12.6. The SMILES string of the molecule is CCN(CC)C(=O)c1cc(OC)c(OC)c(OC)c1-c1cccc([Si](CC)(CC)CC)c1O. The molecule has 0 unspecified atom stereocenters. The molecular weight excluding hydrogens is 434 g/mol. The van der Waals surface area contributed by atoms with E-state index in [2.05, 4.69) is 20.8 Å². The Labute approximate surface area is 199 Å². The van der Waals surface area contributed by atoms with Crippen molar-refractivity contribution in [1.29, 1.82) is 0 Å². The smallest absolute Gasteiger partial charge is 0.254 e. The lowest BCUT2D eigenvalue weighted by atomic mass is 9.95. The third kappa shape index (κ3) is 4.69. The van der Waals surface area contributed by atoms with E-state index in [9.17, 15) is 9.90 Å². The van der Waals surface area contributed by atoms with Crippen molar-refractivity contribution < 1.29 is 24.1 Å². The highest BCUT2D eigenvalue weighted by Crippen LogP contribution is 2.49. The number of amides is 1. The molecule has 0 atom stereocenters. The first-order chi connectivity index (χ1) is 15.8. The Balaban J connectivity index is 3.00. The molecule has 0 bridgehead atoms. The van der Waals surface area contributed by atoms with E-state index in [1.54, 1.807) is 11.0 Å². The van der Waals surface area contributed by atoms with Crippen molar-refractivity contribution >= 4 is 19.2 Å². The molecule has 0 saturated carbocycles. The topological polar surface area (TPSA) is 68.2 Å². The highest BCUT2D eigenvalue weighted by atomic mass is 28.3. The minimum atomic E-state index is -1.89. The largest absolute Gasteiger partial charge is 0.507 e. The van der Waals surface area contributed by atoms with Gasteiger partial charge < -0.3 is 24.2 Å². The van der Waals surface area contributed by atoms with Gasteiger partial charge in [-0.15, -0.1) is 0 Å². The molecule has 0 spiro atoms. The highest BCUT2D eigenvalue weighted by Gasteiger charge is 2.35. The van der Waals surface area contributed by atoms with Gasteiger partial charge in [-0.05, 0) is 25.1 Å². The number of phenols is 1. The van der Waals surface area contributed by atoms with E-state index in [0.717, 1.165) is 23.3 Å². The highest BCUT2D eigenvalue weighted by molar-refractivity contribution is 6.92. The van der Waals surface area contributed by atoms with Crippen molar-refractivity contribution in [3.05, 3.63) is 29.8 Å². The van der Waals surface area contributed by atoms with Crippen LogP contribution < -0.4 is 19.4 Å². The fourth-order valence-corrected chi connectivity index (χ4v) is 8.50. The maximum absolute atomic E-state index is 13.6. The van der Waals surface area contributed by atoms with Crippen molar-refractivity contribution in [2.45, 2.75) is 52.8 Å². The van der Waals surface area contributed by atoms with Gasteiger partial charge in [0.25, 0.3) is 5.91 Å². The molecule has 182 valence electrons. The summed E-state index contributed by atoms with van der Waals surface area (Å²) >= 11 is 0. The third-order valence-electron chi connectivity index (χ3n) is 7.02. The maximum atomic E-state index is 13.6. The van der Waals surface area contributed by atoms with E-state index in [-0.39, 0.29) is 11.7 Å². The normalized spacial score (nSPS) is 11.3. The van der Waals surface area contributed by atoms with Crippen LogP contribution in [0.15, 0.2) is 24.3 Å². The number of hydrogen-bond acceptors (Lipinski definition) is 5. The van der Waals surface area contributed by atoms with Crippen LogP contribution in [-0.2, 0) is 0 Å². The molecule has 1 amide bonds. The minimum Gasteiger partial charge on any atom is -0.507 e. The number of rotatable bonds is 11. The van der Waals surface area contributed by atoms with Gasteiger partial charge in [0.05, 0.1) is 35.0 Å². The van der Waals surface area contributed by atoms with Gasteiger partial charge in [0, 0.05) is 24.2 Å². The Kier molecular flexibility index (Phi) is 9.22. The zero-order chi connectivity index (χ0) is 24.8. The lowest BCUT2D eigenvalue weighted by Gasteiger charge is -2.30. The second kappa shape index (κ2) is 11.5. The molecule has 2 rings (SSSR count). The van der Waals surface area contributed by atoms with Gasteiger partial charge in [0.2, 0.25) is 5.75 Å². The Hall–Kier alpha value is -2.67. The maximum Gasteiger partial charge on any atom is 0.254 e. The number of benzene rings is 2. The number of ether oxygens (including phenoxy) is 3. The van der Waals surface area contributed by atoms with E-state index in [1.807, 2.05) is 32.0 Å². The molecule has 0 aliphatic rings. The van der Waals surface area contributed by atoms with E-state index in [4.69, 9.17) is 14.2 Å². The summed E-state index contributed by atoms with van der Waals surface area (Å²) in [7, 11) is 2.72. The molecule has 0 aliphatic carbocycles. The van der Waals surface area contributed by atoms with Gasteiger partial charge in [0.1, 0.15) is 5.75 Å². The molecule has 0 aromatic heterocycles. The number of aromatic hydroxyl groups is 1. The summed E-state index contributed by atoms with van der Waals surface area (Å²) in [4.78, 5) is 15.3. The van der Waals surface area contributed by atoms with Gasteiger partial charge >= 0.3 is 0 Å². The fraction of sp³-hybridized carbons (Fsp3) is 0.500. The van der Waals surface area contributed by atoms with Crippen molar-refractivity contribution in [2.75, 3.05) is 34.4 Å². The van der Waals surface area contributed by atoms with Gasteiger partial charge in [0.15, 0.2) is 11.5 Å². The van der Waals surface area contributed by atoms with Crippen molar-refractivity contribution in [2.24, 2.45) is 0 Å². The molecule has 0 saturated heterocycles. The molecule has 0 heterocycles. The summed E-state index contributed by atoms with van der Waals surface area (Å²) in [6, 6.07) is 10.6. The lowest BCUT2D eigenvalue weighted by molar-refractivity contribution is 0.0773. The van der Waals surface area contributed by atoms with Crippen molar-refractivity contribution in [3.63, 3.8) is 0 Å². The van der Waals surface area contributed by atoms with Gasteiger partial charge in [-0.1, -0.05) is 57.1 Å². The quantitative estimate of drug-likeness (QED) is 0.450. The van der Waals surface area contributed by atoms with Crippen LogP contribution in [0.25, 0.3) is 11.1 Å². The molecule has 6 nitrogen and oxygen atoms in total. The summed E-state index contributed by atoms with van der Waals surface area (Å²) < 4.78 is 16.9. The number of carbonyl (C=O) groups excluding carboxylic acids is 1. The van der Waals surface area contributed by atoms with E-state index >= 15 is 0 Å². The molecule has 2 aromatic carbocycles. The molecule has 7 heteroatoms. The van der Waals surface area contributed by atoms with Gasteiger partial charge in [-0.3, -0.25) is 4.79 Å². The van der Waals surface area contributed by atoms with E-state index in [0.29, 0.717) is 47.0 Å². The van der Waals surface area contributed by atoms with Crippen LogP contribution in [0, 0.1) is 0 Å². The summed E-state index contributed by atoms with van der Waals surface area (Å²) in [5, 5.41) is 12.6. The minimum absolute atomic E-state index is 0.149. The molecule has 33 heavy (non-hydrogen) atoms. The van der Waals surface area contributed by atoms with Crippen LogP contribution in [0.4, 0.5) is 0 Å². The van der Waals surface area contributed by atoms with Crippen LogP contribution in [0.1, 0.15) is 45.0 Å². The predicted molar refractivity (Wildman–Crippen MR) is 137 cm³/mol. The van der Waals surface area contributed by atoms with Crippen LogP contribution in [-0.4, -0.2) is 58.4 Å². The summed E-state index contributed by atoms with van der Waals surface area (Å²) in [5.41, 5.74) is 1.52. The Bertz CT molecular complexity index is 959. The first-order valence-corrected chi connectivity index (χ1v) is 14.4. The monoisotopic (exact) mass is 473 g/mol. The average molecular weight is 474 g/mol. The predicted octanol–water partition coefficient (Wildman–Crippen LogP) is 5.28. The van der Waals surface area contributed by atoms with E-state index in [1.165, 1.54) is 21.3 Å². The van der Waals surface area contributed by atoms with Crippen LogP contribution in [0.5, 0.6) is 23.0 Å². The Morgan fingerprint density at radius 1 is 0.909 bits per heavy atom. The van der Waals surface area contributed by atoms with Gasteiger partial charge in [-0.2, -0.15) is 0 Å². The standard InChI is InChI=1S/C26H39NO5Si/c1-9-27(10-2)26(29)19-17-20(30-6)24(31-7)25(32-8)22(19)18-15-14-16-21(23(18)28)33(11-3,12-4)13-5/h14-17,28H,9-13H2,1-8H3. The van der Waals surface area contributed by atoms with Crippen molar-refractivity contribution in [3.8, 4) is 34.1 Å². The Morgan fingerprint density at radius 2 is 1.48 bits per heavy atom. The zero-order valence-corrected chi connectivity index (χ0v) is 22.4. The van der Waals surface area contributed by atoms with Crippen molar-refractivity contribution in [1.82, 2.24) is 4.90 Å². The number of methoxy groups -OCH3 is 3. The number of carbonyl (C=O) groups is 1. The summed E-state index contributed by atoms with van der Waals surface area (Å²) in [6.07, 6.45) is 0. The average Bonchev–Trinajstić information content (AvgIpc) is 2.85. The number of nitrogens with zero attached hydrogens (tertiary/aromatic N) is 1. The molecule has 0 aliphatic heterocycles. The fourth-order valence-electron chi connectivity index (χ4n) is 4.77. The molecular formula is C26H39NO5Si. The van der Waals surface area contributed by atoms with Crippen LogP contribution in [0.2, 0.25) is 18.1 Å². The Morgan fingerprint density at radius 3 is 1.94 bits per heavy atom. The second-order valence-corrected chi connectivity index (χ2v) is 13.3. The van der Waals surface area contributed by atoms with Crippen LogP contribution in [0.3, 0.4) is 0 Å². The molecule has 0 radical (unpaired) electrons. The second-order valence-electron chi connectivity index (χ2n) is 8.09. The zero-order valence-electron chi connectivity index (χ0n) is 21.4. The van der Waals surface area contributed by atoms with E-state index < -0.39 is 8.07 Å². The molecule has 1 N–H and O–H groups in total. The summed E-state index contributed by atoms with van der Waals surface area (Å²) in [6.45, 7) is 11.6. The molecule has 2 aromatic rings. The first-order valence-electron chi connectivity index (χ1n) is 11.8. The number of hydrogen-bond donors (Lipinski definition) is 1. The first kappa shape index (κ1) is 26.6. The number of phenolic OH excluding ortho intramolecular Hbond substituents is 1. The molecule has 0 fully saturated rings. The number of para-hydroxylation sites is 1. The lowest BCUT2D eigenvalue weighted by Crippen LogP contribution is -2.45.